The van der Waals surface area contributed by atoms with E-state index in [-0.39, 0.29) is 0 Å². The second-order valence-electron chi connectivity index (χ2n) is 4.99. The Morgan fingerprint density at radius 3 is 2.74 bits per heavy atom. The predicted octanol–water partition coefficient (Wildman–Crippen LogP) is 3.40. The van der Waals surface area contributed by atoms with E-state index in [2.05, 4.69) is 9.97 Å². The Kier molecular flexibility index (Phi) is 2.86. The highest BCUT2D eigenvalue weighted by atomic mass is 32.1. The van der Waals surface area contributed by atoms with Gasteiger partial charge in [0.15, 0.2) is 0 Å². The molecule has 3 rings (SSSR count). The Labute approximate surface area is 115 Å². The molecule has 0 amide bonds. The van der Waals surface area contributed by atoms with Crippen molar-refractivity contribution >= 4 is 17.3 Å². The van der Waals surface area contributed by atoms with Crippen LogP contribution in [0.2, 0.25) is 0 Å². The van der Waals surface area contributed by atoms with E-state index in [9.17, 15) is 9.90 Å². The van der Waals surface area contributed by atoms with E-state index >= 15 is 0 Å². The van der Waals surface area contributed by atoms with E-state index in [1.807, 2.05) is 19.9 Å². The summed E-state index contributed by atoms with van der Waals surface area (Å²) in [5.74, 6) is -0.544. The van der Waals surface area contributed by atoms with Gasteiger partial charge in [-0.3, -0.25) is 4.98 Å². The molecule has 0 aromatic carbocycles. The molecular formula is C14H14N2O2S. The van der Waals surface area contributed by atoms with Gasteiger partial charge in [0.2, 0.25) is 0 Å². The molecule has 19 heavy (non-hydrogen) atoms. The Hall–Kier alpha value is -1.75. The van der Waals surface area contributed by atoms with Gasteiger partial charge in [-0.2, -0.15) is 0 Å². The normalized spacial score (nSPS) is 14.6. The summed E-state index contributed by atoms with van der Waals surface area (Å²) in [6.07, 6.45) is 3.88. The van der Waals surface area contributed by atoms with Gasteiger partial charge < -0.3 is 5.11 Å². The highest BCUT2D eigenvalue weighted by Crippen LogP contribution is 2.44. The highest BCUT2D eigenvalue weighted by Gasteiger charge is 2.32. The zero-order chi connectivity index (χ0) is 13.6. The summed E-state index contributed by atoms with van der Waals surface area (Å²) in [6, 6.07) is 2.04. The van der Waals surface area contributed by atoms with E-state index in [1.54, 1.807) is 6.20 Å². The summed E-state index contributed by atoms with van der Waals surface area (Å²) in [7, 11) is 0. The maximum Gasteiger partial charge on any atom is 0.347 e. The van der Waals surface area contributed by atoms with Gasteiger partial charge in [0.1, 0.15) is 15.6 Å². The van der Waals surface area contributed by atoms with Crippen LogP contribution >= 0.6 is 11.3 Å². The van der Waals surface area contributed by atoms with Gasteiger partial charge in [0.05, 0.1) is 5.69 Å². The van der Waals surface area contributed by atoms with Crippen molar-refractivity contribution in [3.8, 4) is 10.7 Å². The predicted molar refractivity (Wildman–Crippen MR) is 73.8 cm³/mol. The minimum atomic E-state index is -0.879. The van der Waals surface area contributed by atoms with Gasteiger partial charge in [0, 0.05) is 12.1 Å². The lowest BCUT2D eigenvalue weighted by Gasteiger charge is -2.01. The van der Waals surface area contributed by atoms with Gasteiger partial charge in [0.25, 0.3) is 0 Å². The Bertz CT molecular complexity index is 659. The zero-order valence-corrected chi connectivity index (χ0v) is 11.6. The van der Waals surface area contributed by atoms with Crippen molar-refractivity contribution in [2.75, 3.05) is 0 Å². The van der Waals surface area contributed by atoms with Crippen LogP contribution in [0.3, 0.4) is 0 Å². The number of aromatic nitrogens is 2. The number of nitrogens with zero attached hydrogens (tertiary/aromatic N) is 2. The van der Waals surface area contributed by atoms with Crippen LogP contribution in [0.15, 0.2) is 12.3 Å². The van der Waals surface area contributed by atoms with E-state index in [1.165, 1.54) is 11.3 Å². The first-order chi connectivity index (χ1) is 9.06. The van der Waals surface area contributed by atoms with Crippen molar-refractivity contribution in [1.29, 1.82) is 0 Å². The van der Waals surface area contributed by atoms with E-state index in [4.69, 9.17) is 0 Å². The topological polar surface area (TPSA) is 63.1 Å². The average Bonchev–Trinajstić information content (AvgIpc) is 3.09. The number of rotatable bonds is 3. The van der Waals surface area contributed by atoms with Crippen molar-refractivity contribution in [3.05, 3.63) is 34.0 Å². The van der Waals surface area contributed by atoms with E-state index in [0.717, 1.165) is 40.4 Å². The van der Waals surface area contributed by atoms with Crippen LogP contribution in [-0.4, -0.2) is 21.0 Å². The van der Waals surface area contributed by atoms with Crippen molar-refractivity contribution < 1.29 is 9.90 Å². The van der Waals surface area contributed by atoms with E-state index < -0.39 is 5.97 Å². The lowest BCUT2D eigenvalue weighted by molar-refractivity contribution is 0.0700. The van der Waals surface area contributed by atoms with Crippen LogP contribution in [0.5, 0.6) is 0 Å². The van der Waals surface area contributed by atoms with Gasteiger partial charge in [-0.15, -0.1) is 11.3 Å². The minimum absolute atomic E-state index is 0.335. The van der Waals surface area contributed by atoms with Gasteiger partial charge >= 0.3 is 5.97 Å². The van der Waals surface area contributed by atoms with Gasteiger partial charge in [-0.25, -0.2) is 9.78 Å². The molecular weight excluding hydrogens is 260 g/mol. The van der Waals surface area contributed by atoms with Crippen LogP contribution in [0.4, 0.5) is 0 Å². The molecule has 0 radical (unpaired) electrons. The molecule has 1 saturated carbocycles. The zero-order valence-electron chi connectivity index (χ0n) is 10.8. The van der Waals surface area contributed by atoms with E-state index in [0.29, 0.717) is 10.8 Å². The molecule has 0 atom stereocenters. The molecule has 1 N–H and O–H groups in total. The monoisotopic (exact) mass is 274 g/mol. The Morgan fingerprint density at radius 1 is 1.42 bits per heavy atom. The molecule has 0 aliphatic heterocycles. The number of aromatic carboxylic acids is 1. The molecule has 2 aromatic rings. The molecule has 1 aliphatic carbocycles. The third-order valence-corrected chi connectivity index (χ3v) is 4.30. The summed E-state index contributed by atoms with van der Waals surface area (Å²) in [5.41, 5.74) is 3.67. The summed E-state index contributed by atoms with van der Waals surface area (Å²) >= 11 is 1.24. The first-order valence-electron chi connectivity index (χ1n) is 6.24. The lowest BCUT2D eigenvalue weighted by atomic mass is 10.2. The third kappa shape index (κ3) is 2.26. The molecule has 0 saturated heterocycles. The largest absolute Gasteiger partial charge is 0.477 e. The second kappa shape index (κ2) is 4.42. The fraction of sp³-hybridized carbons (Fsp3) is 0.357. The molecule has 2 heterocycles. The lowest BCUT2D eigenvalue weighted by Crippen LogP contribution is -1.97. The number of carboxylic acids is 1. The molecule has 0 spiro atoms. The summed E-state index contributed by atoms with van der Waals surface area (Å²) < 4.78 is 0. The summed E-state index contributed by atoms with van der Waals surface area (Å²) in [5, 5.41) is 9.99. The summed E-state index contributed by atoms with van der Waals surface area (Å²) in [6.45, 7) is 3.97. The van der Waals surface area contributed by atoms with Gasteiger partial charge in [-0.1, -0.05) is 6.07 Å². The number of hydrogen-bond donors (Lipinski definition) is 1. The van der Waals surface area contributed by atoms with Crippen LogP contribution in [0, 0.1) is 13.8 Å². The van der Waals surface area contributed by atoms with Crippen molar-refractivity contribution in [2.24, 2.45) is 0 Å². The summed E-state index contributed by atoms with van der Waals surface area (Å²) in [4.78, 5) is 20.6. The first kappa shape index (κ1) is 12.3. The SMILES string of the molecule is Cc1cnc(-c2nc(C3CC3)c(C(=O)O)s2)c(C)c1. The second-order valence-corrected chi connectivity index (χ2v) is 5.99. The van der Waals surface area contributed by atoms with Crippen molar-refractivity contribution in [2.45, 2.75) is 32.6 Å². The third-order valence-electron chi connectivity index (χ3n) is 3.23. The molecule has 0 bridgehead atoms. The van der Waals surface area contributed by atoms with Crippen LogP contribution < -0.4 is 0 Å². The molecule has 0 unspecified atom stereocenters. The molecule has 5 heteroatoms. The average molecular weight is 274 g/mol. The number of hydrogen-bond acceptors (Lipinski definition) is 4. The molecule has 4 nitrogen and oxygen atoms in total. The first-order valence-corrected chi connectivity index (χ1v) is 7.05. The molecule has 1 fully saturated rings. The van der Waals surface area contributed by atoms with Crippen molar-refractivity contribution in [1.82, 2.24) is 9.97 Å². The molecule has 1 aliphatic rings. The van der Waals surface area contributed by atoms with Crippen LogP contribution in [-0.2, 0) is 0 Å². The van der Waals surface area contributed by atoms with Crippen molar-refractivity contribution in [3.63, 3.8) is 0 Å². The number of carbonyl (C=O) groups is 1. The number of aryl methyl sites for hydroxylation is 2. The minimum Gasteiger partial charge on any atom is -0.477 e. The van der Waals surface area contributed by atoms with Crippen LogP contribution in [0.25, 0.3) is 10.7 Å². The maximum absolute atomic E-state index is 11.3. The number of carboxylic acid groups (broad SMARTS) is 1. The van der Waals surface area contributed by atoms with Crippen LogP contribution in [0.1, 0.15) is 45.3 Å². The number of pyridine rings is 1. The molecule has 2 aromatic heterocycles. The molecule has 98 valence electrons. The smallest absolute Gasteiger partial charge is 0.347 e. The maximum atomic E-state index is 11.3. The van der Waals surface area contributed by atoms with Gasteiger partial charge in [-0.05, 0) is 37.8 Å². The fourth-order valence-corrected chi connectivity index (χ4v) is 3.21. The highest BCUT2D eigenvalue weighted by molar-refractivity contribution is 7.17. The number of thiazole rings is 1. The Morgan fingerprint density at radius 2 is 2.16 bits per heavy atom. The standard InChI is InChI=1S/C14H14N2O2S/c1-7-5-8(2)10(15-6-7)13-16-11(9-3-4-9)12(19-13)14(17)18/h5-6,9H,3-4H2,1-2H3,(H,17,18). The quantitative estimate of drug-likeness (QED) is 0.931. The Balaban J connectivity index is 2.10. The fourth-order valence-electron chi connectivity index (χ4n) is 2.16.